The average Bonchev–Trinajstić information content (AvgIpc) is 2.25. The van der Waals surface area contributed by atoms with Crippen LogP contribution >= 0.6 is 0 Å². The summed E-state index contributed by atoms with van der Waals surface area (Å²) in [5.41, 5.74) is 6.50. The van der Waals surface area contributed by atoms with Crippen LogP contribution < -0.4 is 11.1 Å². The van der Waals surface area contributed by atoms with Crippen LogP contribution in [0.5, 0.6) is 0 Å². The fourth-order valence-electron chi connectivity index (χ4n) is 1.50. The van der Waals surface area contributed by atoms with E-state index < -0.39 is 0 Å². The molecule has 0 aliphatic carbocycles. The van der Waals surface area contributed by atoms with Gasteiger partial charge in [-0.05, 0) is 24.4 Å². The SMILES string of the molecule is CC(C)CNC(Cc1ccccc1)C(N)=O. The molecule has 0 heterocycles. The van der Waals surface area contributed by atoms with E-state index in [4.69, 9.17) is 5.73 Å². The van der Waals surface area contributed by atoms with Crippen molar-refractivity contribution in [1.82, 2.24) is 5.32 Å². The predicted molar refractivity (Wildman–Crippen MR) is 66.0 cm³/mol. The van der Waals surface area contributed by atoms with Crippen molar-refractivity contribution >= 4 is 5.91 Å². The van der Waals surface area contributed by atoms with Gasteiger partial charge in [0, 0.05) is 0 Å². The van der Waals surface area contributed by atoms with Gasteiger partial charge in [0.2, 0.25) is 5.91 Å². The lowest BCUT2D eigenvalue weighted by Gasteiger charge is -2.16. The highest BCUT2D eigenvalue weighted by Crippen LogP contribution is 2.03. The molecule has 0 aliphatic rings. The van der Waals surface area contributed by atoms with E-state index in [-0.39, 0.29) is 11.9 Å². The summed E-state index contributed by atoms with van der Waals surface area (Å²) in [5, 5.41) is 3.19. The highest BCUT2D eigenvalue weighted by Gasteiger charge is 2.15. The standard InChI is InChI=1S/C13H20N2O/c1-10(2)9-15-12(13(14)16)8-11-6-4-3-5-7-11/h3-7,10,12,15H,8-9H2,1-2H3,(H2,14,16). The van der Waals surface area contributed by atoms with Crippen molar-refractivity contribution in [1.29, 1.82) is 0 Å². The highest BCUT2D eigenvalue weighted by atomic mass is 16.1. The van der Waals surface area contributed by atoms with Crippen molar-refractivity contribution in [2.75, 3.05) is 6.54 Å². The maximum Gasteiger partial charge on any atom is 0.234 e. The molecule has 88 valence electrons. The first-order valence-electron chi connectivity index (χ1n) is 5.66. The second kappa shape index (κ2) is 6.28. The summed E-state index contributed by atoms with van der Waals surface area (Å²) in [6.45, 7) is 5.02. The average molecular weight is 220 g/mol. The zero-order chi connectivity index (χ0) is 12.0. The predicted octanol–water partition coefficient (Wildman–Crippen LogP) is 1.33. The largest absolute Gasteiger partial charge is 0.368 e. The highest BCUT2D eigenvalue weighted by molar-refractivity contribution is 5.80. The Labute approximate surface area is 97.0 Å². The van der Waals surface area contributed by atoms with E-state index in [1.807, 2.05) is 30.3 Å². The van der Waals surface area contributed by atoms with Crippen LogP contribution in [0.4, 0.5) is 0 Å². The van der Waals surface area contributed by atoms with Crippen LogP contribution in [0.3, 0.4) is 0 Å². The third-order valence-electron chi connectivity index (χ3n) is 2.40. The fraction of sp³-hybridized carbons (Fsp3) is 0.462. The van der Waals surface area contributed by atoms with Gasteiger partial charge in [-0.3, -0.25) is 4.79 Å². The van der Waals surface area contributed by atoms with E-state index in [1.54, 1.807) is 0 Å². The van der Waals surface area contributed by atoms with E-state index in [9.17, 15) is 4.79 Å². The Hall–Kier alpha value is -1.35. The Bertz CT molecular complexity index is 322. The van der Waals surface area contributed by atoms with Gasteiger partial charge in [0.25, 0.3) is 0 Å². The van der Waals surface area contributed by atoms with Crippen LogP contribution in [0, 0.1) is 5.92 Å². The minimum Gasteiger partial charge on any atom is -0.368 e. The number of nitrogens with two attached hydrogens (primary N) is 1. The van der Waals surface area contributed by atoms with Gasteiger partial charge in [0.1, 0.15) is 0 Å². The summed E-state index contributed by atoms with van der Waals surface area (Å²) in [7, 11) is 0. The quantitative estimate of drug-likeness (QED) is 0.760. The van der Waals surface area contributed by atoms with E-state index >= 15 is 0 Å². The molecular formula is C13H20N2O. The molecule has 3 N–H and O–H groups in total. The maximum atomic E-state index is 11.3. The first-order valence-corrected chi connectivity index (χ1v) is 5.66. The number of carbonyl (C=O) groups is 1. The minimum atomic E-state index is -0.287. The van der Waals surface area contributed by atoms with Crippen molar-refractivity contribution in [2.24, 2.45) is 11.7 Å². The molecule has 1 aromatic rings. The topological polar surface area (TPSA) is 55.1 Å². The van der Waals surface area contributed by atoms with Gasteiger partial charge >= 0.3 is 0 Å². The van der Waals surface area contributed by atoms with Crippen molar-refractivity contribution in [2.45, 2.75) is 26.3 Å². The first kappa shape index (κ1) is 12.7. The number of benzene rings is 1. The first-order chi connectivity index (χ1) is 7.59. The molecule has 1 amide bonds. The molecule has 16 heavy (non-hydrogen) atoms. The van der Waals surface area contributed by atoms with Gasteiger partial charge in [0.15, 0.2) is 0 Å². The summed E-state index contributed by atoms with van der Waals surface area (Å²) in [5.74, 6) is 0.224. The summed E-state index contributed by atoms with van der Waals surface area (Å²) in [4.78, 5) is 11.3. The molecule has 0 saturated carbocycles. The smallest absolute Gasteiger partial charge is 0.234 e. The number of carbonyl (C=O) groups excluding carboxylic acids is 1. The summed E-state index contributed by atoms with van der Waals surface area (Å²) in [6, 6.07) is 9.64. The second-order valence-electron chi connectivity index (χ2n) is 4.45. The van der Waals surface area contributed by atoms with Crippen molar-refractivity contribution in [3.05, 3.63) is 35.9 Å². The molecular weight excluding hydrogens is 200 g/mol. The Morgan fingerprint density at radius 1 is 1.31 bits per heavy atom. The number of nitrogens with one attached hydrogen (secondary N) is 1. The van der Waals surface area contributed by atoms with Gasteiger partial charge in [-0.25, -0.2) is 0 Å². The molecule has 0 saturated heterocycles. The molecule has 0 aliphatic heterocycles. The normalized spacial score (nSPS) is 12.7. The van der Waals surface area contributed by atoms with Crippen LogP contribution in [0.1, 0.15) is 19.4 Å². The summed E-state index contributed by atoms with van der Waals surface area (Å²) >= 11 is 0. The number of amides is 1. The van der Waals surface area contributed by atoms with E-state index in [0.29, 0.717) is 12.3 Å². The van der Waals surface area contributed by atoms with E-state index in [0.717, 1.165) is 12.1 Å². The van der Waals surface area contributed by atoms with Crippen molar-refractivity contribution in [3.8, 4) is 0 Å². The maximum absolute atomic E-state index is 11.3. The van der Waals surface area contributed by atoms with Crippen molar-refractivity contribution in [3.63, 3.8) is 0 Å². The fourth-order valence-corrected chi connectivity index (χ4v) is 1.50. The van der Waals surface area contributed by atoms with Crippen LogP contribution in [0.15, 0.2) is 30.3 Å². The van der Waals surface area contributed by atoms with Crippen molar-refractivity contribution < 1.29 is 4.79 Å². The number of primary amides is 1. The zero-order valence-corrected chi connectivity index (χ0v) is 9.94. The second-order valence-corrected chi connectivity index (χ2v) is 4.45. The lowest BCUT2D eigenvalue weighted by Crippen LogP contribution is -2.44. The lowest BCUT2D eigenvalue weighted by molar-refractivity contribution is -0.120. The molecule has 0 spiro atoms. The molecule has 0 radical (unpaired) electrons. The van der Waals surface area contributed by atoms with Gasteiger partial charge in [-0.15, -0.1) is 0 Å². The molecule has 1 rings (SSSR count). The van der Waals surface area contributed by atoms with Crippen LogP contribution in [-0.2, 0) is 11.2 Å². The Balaban J connectivity index is 2.55. The van der Waals surface area contributed by atoms with Crippen LogP contribution in [0.25, 0.3) is 0 Å². The number of rotatable bonds is 6. The van der Waals surface area contributed by atoms with Gasteiger partial charge in [0.05, 0.1) is 6.04 Å². The van der Waals surface area contributed by atoms with Crippen LogP contribution in [0.2, 0.25) is 0 Å². The van der Waals surface area contributed by atoms with Gasteiger partial charge in [-0.2, -0.15) is 0 Å². The molecule has 0 bridgehead atoms. The number of hydrogen-bond acceptors (Lipinski definition) is 2. The lowest BCUT2D eigenvalue weighted by atomic mass is 10.0. The third-order valence-corrected chi connectivity index (χ3v) is 2.40. The van der Waals surface area contributed by atoms with E-state index in [2.05, 4.69) is 19.2 Å². The molecule has 3 heteroatoms. The minimum absolute atomic E-state index is 0.273. The van der Waals surface area contributed by atoms with Gasteiger partial charge < -0.3 is 11.1 Å². The Morgan fingerprint density at radius 3 is 2.44 bits per heavy atom. The number of hydrogen-bond donors (Lipinski definition) is 2. The molecule has 1 atom stereocenters. The Morgan fingerprint density at radius 2 is 1.94 bits per heavy atom. The molecule has 1 aromatic carbocycles. The van der Waals surface area contributed by atoms with Crippen LogP contribution in [-0.4, -0.2) is 18.5 Å². The molecule has 0 fully saturated rings. The van der Waals surface area contributed by atoms with E-state index in [1.165, 1.54) is 0 Å². The Kier molecular flexibility index (Phi) is 4.99. The summed E-state index contributed by atoms with van der Waals surface area (Å²) in [6.07, 6.45) is 0.656. The molecule has 0 aromatic heterocycles. The monoisotopic (exact) mass is 220 g/mol. The zero-order valence-electron chi connectivity index (χ0n) is 9.94. The molecule has 1 unspecified atom stereocenters. The third kappa shape index (κ3) is 4.45. The molecule has 3 nitrogen and oxygen atoms in total. The summed E-state index contributed by atoms with van der Waals surface area (Å²) < 4.78 is 0. The van der Waals surface area contributed by atoms with Gasteiger partial charge in [-0.1, -0.05) is 44.2 Å².